The van der Waals surface area contributed by atoms with E-state index in [9.17, 15) is 9.59 Å². The molecule has 6 heteroatoms. The van der Waals surface area contributed by atoms with E-state index >= 15 is 0 Å². The van der Waals surface area contributed by atoms with Gasteiger partial charge in [-0.1, -0.05) is 18.2 Å². The lowest BCUT2D eigenvalue weighted by atomic mass is 10.2. The zero-order valence-corrected chi connectivity index (χ0v) is 13.0. The Morgan fingerprint density at radius 1 is 1.25 bits per heavy atom. The molecule has 2 N–H and O–H groups in total. The van der Waals surface area contributed by atoms with Crippen molar-refractivity contribution in [1.82, 2.24) is 5.32 Å². The Morgan fingerprint density at radius 3 is 2.55 bits per heavy atom. The zero-order valence-electron chi connectivity index (χ0n) is 11.4. The number of thioether (sulfide) groups is 2. The van der Waals surface area contributed by atoms with Gasteiger partial charge in [0, 0.05) is 17.1 Å². The standard InChI is InChI=1S/C14H19NO3S2/c1-19-9-7-12(14(17)18)15-13(16)8-10-20-11-5-3-2-4-6-11/h2-6,12H,7-10H2,1H3,(H,15,16)(H,17,18)/t12-/m1/s1. The summed E-state index contributed by atoms with van der Waals surface area (Å²) in [7, 11) is 0. The normalized spacial score (nSPS) is 11.8. The van der Waals surface area contributed by atoms with Gasteiger partial charge in [0.1, 0.15) is 6.04 Å². The van der Waals surface area contributed by atoms with Crippen molar-refractivity contribution in [1.29, 1.82) is 0 Å². The van der Waals surface area contributed by atoms with E-state index in [2.05, 4.69) is 5.32 Å². The fourth-order valence-electron chi connectivity index (χ4n) is 1.54. The average molecular weight is 313 g/mol. The molecule has 0 unspecified atom stereocenters. The van der Waals surface area contributed by atoms with Crippen LogP contribution in [0.15, 0.2) is 35.2 Å². The number of carboxylic acids is 1. The maximum absolute atomic E-state index is 11.7. The molecule has 0 saturated carbocycles. The Morgan fingerprint density at radius 2 is 1.95 bits per heavy atom. The van der Waals surface area contributed by atoms with Crippen molar-refractivity contribution in [2.75, 3.05) is 17.8 Å². The van der Waals surface area contributed by atoms with Crippen LogP contribution in [0.1, 0.15) is 12.8 Å². The highest BCUT2D eigenvalue weighted by Crippen LogP contribution is 2.17. The number of carboxylic acid groups (broad SMARTS) is 1. The number of hydrogen-bond acceptors (Lipinski definition) is 4. The molecule has 1 atom stereocenters. The first-order chi connectivity index (χ1) is 9.63. The van der Waals surface area contributed by atoms with Crippen molar-refractivity contribution in [3.63, 3.8) is 0 Å². The molecule has 110 valence electrons. The predicted molar refractivity (Wildman–Crippen MR) is 84.3 cm³/mol. The molecule has 0 aliphatic carbocycles. The summed E-state index contributed by atoms with van der Waals surface area (Å²) in [5.41, 5.74) is 0. The zero-order chi connectivity index (χ0) is 14.8. The fourth-order valence-corrected chi connectivity index (χ4v) is 2.88. The third kappa shape index (κ3) is 6.86. The number of amides is 1. The van der Waals surface area contributed by atoms with Crippen LogP contribution in [-0.2, 0) is 9.59 Å². The number of carbonyl (C=O) groups is 2. The third-order valence-corrected chi connectivity index (χ3v) is 4.24. The Bertz CT molecular complexity index is 426. The number of nitrogens with one attached hydrogen (secondary N) is 1. The molecule has 0 aliphatic heterocycles. The Balaban J connectivity index is 2.29. The second-order valence-corrected chi connectivity index (χ2v) is 6.31. The summed E-state index contributed by atoms with van der Waals surface area (Å²) in [4.78, 5) is 23.8. The van der Waals surface area contributed by atoms with Gasteiger partial charge in [0.05, 0.1) is 0 Å². The average Bonchev–Trinajstić information content (AvgIpc) is 2.44. The molecule has 0 spiro atoms. The summed E-state index contributed by atoms with van der Waals surface area (Å²) in [5, 5.41) is 11.6. The van der Waals surface area contributed by atoms with E-state index in [4.69, 9.17) is 5.11 Å². The van der Waals surface area contributed by atoms with Crippen LogP contribution in [-0.4, -0.2) is 40.8 Å². The lowest BCUT2D eigenvalue weighted by molar-refractivity contribution is -0.141. The minimum Gasteiger partial charge on any atom is -0.480 e. The van der Waals surface area contributed by atoms with Gasteiger partial charge in [0.25, 0.3) is 0 Å². The van der Waals surface area contributed by atoms with Crippen LogP contribution >= 0.6 is 23.5 Å². The van der Waals surface area contributed by atoms with E-state index in [1.165, 1.54) is 0 Å². The van der Waals surface area contributed by atoms with Gasteiger partial charge in [-0.15, -0.1) is 11.8 Å². The SMILES string of the molecule is CSCC[C@@H](NC(=O)CCSc1ccccc1)C(=O)O. The van der Waals surface area contributed by atoms with Crippen molar-refractivity contribution in [2.24, 2.45) is 0 Å². The molecular formula is C14H19NO3S2. The molecule has 0 aromatic heterocycles. The number of carbonyl (C=O) groups excluding carboxylic acids is 1. The van der Waals surface area contributed by atoms with Crippen LogP contribution in [0.4, 0.5) is 0 Å². The highest BCUT2D eigenvalue weighted by Gasteiger charge is 2.18. The first-order valence-corrected chi connectivity index (χ1v) is 8.70. The molecule has 1 aromatic rings. The molecule has 0 fully saturated rings. The minimum atomic E-state index is -0.969. The van der Waals surface area contributed by atoms with Crippen molar-refractivity contribution < 1.29 is 14.7 Å². The predicted octanol–water partition coefficient (Wildman–Crippen LogP) is 2.49. The molecule has 1 amide bonds. The van der Waals surface area contributed by atoms with Crippen LogP contribution in [0.25, 0.3) is 0 Å². The summed E-state index contributed by atoms with van der Waals surface area (Å²) in [5.74, 6) is 0.186. The summed E-state index contributed by atoms with van der Waals surface area (Å²) in [6.45, 7) is 0. The minimum absolute atomic E-state index is 0.207. The second-order valence-electron chi connectivity index (χ2n) is 4.15. The molecule has 1 aromatic carbocycles. The van der Waals surface area contributed by atoms with E-state index < -0.39 is 12.0 Å². The number of aliphatic carboxylic acids is 1. The summed E-state index contributed by atoms with van der Waals surface area (Å²) >= 11 is 3.16. The molecule has 1 rings (SSSR count). The van der Waals surface area contributed by atoms with Gasteiger partial charge in [-0.3, -0.25) is 4.79 Å². The van der Waals surface area contributed by atoms with E-state index in [-0.39, 0.29) is 5.91 Å². The van der Waals surface area contributed by atoms with E-state index in [1.54, 1.807) is 23.5 Å². The Hall–Kier alpha value is -1.14. The molecule has 0 bridgehead atoms. The van der Waals surface area contributed by atoms with Crippen molar-refractivity contribution in [2.45, 2.75) is 23.8 Å². The van der Waals surface area contributed by atoms with Crippen molar-refractivity contribution in [3.05, 3.63) is 30.3 Å². The van der Waals surface area contributed by atoms with Crippen molar-refractivity contribution >= 4 is 35.4 Å². The number of rotatable bonds is 9. The third-order valence-electron chi connectivity index (χ3n) is 2.59. The lowest BCUT2D eigenvalue weighted by Crippen LogP contribution is -2.41. The van der Waals surface area contributed by atoms with E-state index in [1.807, 2.05) is 36.6 Å². The van der Waals surface area contributed by atoms with Gasteiger partial charge >= 0.3 is 5.97 Å². The van der Waals surface area contributed by atoms with Crippen LogP contribution in [0.5, 0.6) is 0 Å². The Kier molecular flexibility index (Phi) is 8.22. The lowest BCUT2D eigenvalue weighted by Gasteiger charge is -2.13. The van der Waals surface area contributed by atoms with Gasteiger partial charge in [0.2, 0.25) is 5.91 Å². The topological polar surface area (TPSA) is 66.4 Å². The fraction of sp³-hybridized carbons (Fsp3) is 0.429. The van der Waals surface area contributed by atoms with Gasteiger partial charge in [-0.25, -0.2) is 4.79 Å². The highest BCUT2D eigenvalue weighted by molar-refractivity contribution is 7.99. The van der Waals surface area contributed by atoms with E-state index in [0.29, 0.717) is 18.6 Å². The summed E-state index contributed by atoms with van der Waals surface area (Å²) in [6, 6.07) is 9.04. The van der Waals surface area contributed by atoms with Crippen LogP contribution in [0, 0.1) is 0 Å². The van der Waals surface area contributed by atoms with Gasteiger partial charge in [-0.2, -0.15) is 11.8 Å². The number of hydrogen-bond donors (Lipinski definition) is 2. The smallest absolute Gasteiger partial charge is 0.326 e. The number of benzene rings is 1. The maximum atomic E-state index is 11.7. The monoisotopic (exact) mass is 313 g/mol. The van der Waals surface area contributed by atoms with Gasteiger partial charge in [0.15, 0.2) is 0 Å². The van der Waals surface area contributed by atoms with Gasteiger partial charge in [-0.05, 0) is 30.6 Å². The molecule has 0 aliphatic rings. The largest absolute Gasteiger partial charge is 0.480 e. The van der Waals surface area contributed by atoms with E-state index in [0.717, 1.165) is 10.6 Å². The van der Waals surface area contributed by atoms with Crippen molar-refractivity contribution in [3.8, 4) is 0 Å². The molecule has 0 saturated heterocycles. The molecule has 0 radical (unpaired) electrons. The first kappa shape index (κ1) is 16.9. The maximum Gasteiger partial charge on any atom is 0.326 e. The quantitative estimate of drug-likeness (QED) is 0.686. The Labute approximate surface area is 127 Å². The molecule has 4 nitrogen and oxygen atoms in total. The first-order valence-electron chi connectivity index (χ1n) is 6.32. The molecule has 0 heterocycles. The molecular weight excluding hydrogens is 294 g/mol. The summed E-state index contributed by atoms with van der Waals surface area (Å²) < 4.78 is 0. The van der Waals surface area contributed by atoms with Crippen LogP contribution in [0.2, 0.25) is 0 Å². The van der Waals surface area contributed by atoms with Crippen LogP contribution < -0.4 is 5.32 Å². The van der Waals surface area contributed by atoms with Gasteiger partial charge < -0.3 is 10.4 Å². The molecule has 20 heavy (non-hydrogen) atoms. The van der Waals surface area contributed by atoms with Crippen LogP contribution in [0.3, 0.4) is 0 Å². The highest BCUT2D eigenvalue weighted by atomic mass is 32.2. The second kappa shape index (κ2) is 9.72. The summed E-state index contributed by atoms with van der Waals surface area (Å²) in [6.07, 6.45) is 2.69.